The number of hydrogen-bond acceptors (Lipinski definition) is 4. The highest BCUT2D eigenvalue weighted by Gasteiger charge is 2.11. The van der Waals surface area contributed by atoms with Crippen LogP contribution in [0.25, 0.3) is 0 Å². The maximum Gasteiger partial charge on any atom is 0.120 e. The third-order valence-corrected chi connectivity index (χ3v) is 3.06. The molecule has 1 aromatic carbocycles. The predicted octanol–water partition coefficient (Wildman–Crippen LogP) is 2.68. The summed E-state index contributed by atoms with van der Waals surface area (Å²) >= 11 is 0. The minimum absolute atomic E-state index is 0.0682. The van der Waals surface area contributed by atoms with Gasteiger partial charge in [0.15, 0.2) is 0 Å². The number of ether oxygens (including phenoxy) is 1. The van der Waals surface area contributed by atoms with Crippen LogP contribution in [-0.4, -0.2) is 24.4 Å². The Bertz CT molecular complexity index is 510. The van der Waals surface area contributed by atoms with Gasteiger partial charge < -0.3 is 19.6 Å². The van der Waals surface area contributed by atoms with E-state index in [0.29, 0.717) is 6.54 Å². The molecular weight excluding hydrogens is 254 g/mol. The van der Waals surface area contributed by atoms with Gasteiger partial charge >= 0.3 is 0 Å². The fourth-order valence-electron chi connectivity index (χ4n) is 1.91. The number of aliphatic hydroxyl groups is 1. The molecule has 108 valence electrons. The molecule has 4 nitrogen and oxygen atoms in total. The molecule has 2 rings (SSSR count). The van der Waals surface area contributed by atoms with Crippen molar-refractivity contribution >= 4 is 0 Å². The molecule has 0 aliphatic carbocycles. The van der Waals surface area contributed by atoms with Crippen LogP contribution in [0.5, 0.6) is 5.75 Å². The first kappa shape index (κ1) is 14.6. The Hall–Kier alpha value is -1.78. The van der Waals surface area contributed by atoms with E-state index in [2.05, 4.69) is 5.32 Å². The lowest BCUT2D eigenvalue weighted by Gasteiger charge is -2.16. The third kappa shape index (κ3) is 4.40. The summed E-state index contributed by atoms with van der Waals surface area (Å²) in [5.41, 5.74) is 1.14. The quantitative estimate of drug-likeness (QED) is 0.815. The Morgan fingerprint density at radius 2 is 2.15 bits per heavy atom. The SMILES string of the molecule is Cc1cccc(OCC(O)CNC(C)c2ccco2)c1. The summed E-state index contributed by atoms with van der Waals surface area (Å²) < 4.78 is 10.9. The zero-order valence-corrected chi connectivity index (χ0v) is 11.9. The molecule has 0 amide bonds. The lowest BCUT2D eigenvalue weighted by molar-refractivity contribution is 0.103. The zero-order valence-electron chi connectivity index (χ0n) is 11.9. The van der Waals surface area contributed by atoms with E-state index < -0.39 is 6.10 Å². The van der Waals surface area contributed by atoms with Crippen LogP contribution in [-0.2, 0) is 0 Å². The van der Waals surface area contributed by atoms with Crippen molar-refractivity contribution in [2.45, 2.75) is 26.0 Å². The normalized spacial score (nSPS) is 13.9. The topological polar surface area (TPSA) is 54.6 Å². The van der Waals surface area contributed by atoms with Crippen LogP contribution in [0.2, 0.25) is 0 Å². The number of rotatable bonds is 7. The molecule has 2 atom stereocenters. The predicted molar refractivity (Wildman–Crippen MR) is 77.8 cm³/mol. The second-order valence-electron chi connectivity index (χ2n) is 4.93. The standard InChI is InChI=1S/C16H21NO3/c1-12-5-3-6-15(9-12)20-11-14(18)10-17-13(2)16-7-4-8-19-16/h3-9,13-14,17-18H,10-11H2,1-2H3. The van der Waals surface area contributed by atoms with Crippen LogP contribution >= 0.6 is 0 Å². The fourth-order valence-corrected chi connectivity index (χ4v) is 1.91. The van der Waals surface area contributed by atoms with Crippen LogP contribution in [0.15, 0.2) is 47.1 Å². The van der Waals surface area contributed by atoms with Gasteiger partial charge in [-0.05, 0) is 43.7 Å². The highest BCUT2D eigenvalue weighted by Crippen LogP contribution is 2.13. The average molecular weight is 275 g/mol. The minimum Gasteiger partial charge on any atom is -0.491 e. The Kier molecular flexibility index (Phi) is 5.21. The van der Waals surface area contributed by atoms with Crippen molar-refractivity contribution in [1.29, 1.82) is 0 Å². The van der Waals surface area contributed by atoms with Gasteiger partial charge in [-0.2, -0.15) is 0 Å². The molecule has 0 saturated heterocycles. The van der Waals surface area contributed by atoms with Crippen LogP contribution in [0.4, 0.5) is 0 Å². The van der Waals surface area contributed by atoms with E-state index in [0.717, 1.165) is 17.1 Å². The number of benzene rings is 1. The van der Waals surface area contributed by atoms with E-state index in [4.69, 9.17) is 9.15 Å². The Labute approximate surface area is 119 Å². The van der Waals surface area contributed by atoms with Gasteiger partial charge in [0, 0.05) is 6.54 Å². The second-order valence-corrected chi connectivity index (χ2v) is 4.93. The van der Waals surface area contributed by atoms with Gasteiger partial charge in [-0.1, -0.05) is 12.1 Å². The summed E-state index contributed by atoms with van der Waals surface area (Å²) in [6, 6.07) is 11.6. The number of furan rings is 1. The number of aryl methyl sites for hydroxylation is 1. The average Bonchev–Trinajstić information content (AvgIpc) is 2.97. The van der Waals surface area contributed by atoms with Crippen molar-refractivity contribution in [3.8, 4) is 5.75 Å². The van der Waals surface area contributed by atoms with Crippen LogP contribution in [0.3, 0.4) is 0 Å². The van der Waals surface area contributed by atoms with Gasteiger partial charge in [-0.3, -0.25) is 0 Å². The van der Waals surface area contributed by atoms with Gasteiger partial charge in [-0.15, -0.1) is 0 Å². The number of hydrogen-bond donors (Lipinski definition) is 2. The van der Waals surface area contributed by atoms with E-state index >= 15 is 0 Å². The molecular formula is C16H21NO3. The van der Waals surface area contributed by atoms with Crippen LogP contribution in [0, 0.1) is 6.92 Å². The fraction of sp³-hybridized carbons (Fsp3) is 0.375. The maximum atomic E-state index is 9.91. The first-order valence-corrected chi connectivity index (χ1v) is 6.79. The number of nitrogens with one attached hydrogen (secondary N) is 1. The summed E-state index contributed by atoms with van der Waals surface area (Å²) in [4.78, 5) is 0. The third-order valence-electron chi connectivity index (χ3n) is 3.06. The summed E-state index contributed by atoms with van der Waals surface area (Å²) in [6.45, 7) is 4.72. The van der Waals surface area contributed by atoms with E-state index in [9.17, 15) is 5.11 Å². The molecule has 1 aromatic heterocycles. The van der Waals surface area contributed by atoms with Crippen molar-refractivity contribution < 1.29 is 14.3 Å². The lowest BCUT2D eigenvalue weighted by atomic mass is 10.2. The Morgan fingerprint density at radius 1 is 1.30 bits per heavy atom. The van der Waals surface area contributed by atoms with Crippen LogP contribution < -0.4 is 10.1 Å². The largest absolute Gasteiger partial charge is 0.491 e. The van der Waals surface area contributed by atoms with Gasteiger partial charge in [0.2, 0.25) is 0 Å². The first-order valence-electron chi connectivity index (χ1n) is 6.79. The van der Waals surface area contributed by atoms with Crippen LogP contribution in [0.1, 0.15) is 24.3 Å². The molecule has 0 fully saturated rings. The molecule has 1 heterocycles. The lowest BCUT2D eigenvalue weighted by Crippen LogP contribution is -2.32. The monoisotopic (exact) mass is 275 g/mol. The van der Waals surface area contributed by atoms with E-state index in [1.54, 1.807) is 6.26 Å². The molecule has 0 saturated carbocycles. The summed E-state index contributed by atoms with van der Waals surface area (Å²) in [6.07, 6.45) is 1.08. The smallest absolute Gasteiger partial charge is 0.120 e. The van der Waals surface area contributed by atoms with Gasteiger partial charge in [0.05, 0.1) is 12.3 Å². The molecule has 0 radical (unpaired) electrons. The molecule has 0 aliphatic rings. The molecule has 0 aliphatic heterocycles. The van der Waals surface area contributed by atoms with Gasteiger partial charge in [-0.25, -0.2) is 0 Å². The van der Waals surface area contributed by atoms with E-state index in [1.807, 2.05) is 50.2 Å². The summed E-state index contributed by atoms with van der Waals surface area (Å²) in [7, 11) is 0. The van der Waals surface area contributed by atoms with Crippen molar-refractivity contribution in [3.63, 3.8) is 0 Å². The Balaban J connectivity index is 1.71. The summed E-state index contributed by atoms with van der Waals surface area (Å²) in [5.74, 6) is 1.64. The first-order chi connectivity index (χ1) is 9.65. The van der Waals surface area contributed by atoms with Gasteiger partial charge in [0.1, 0.15) is 24.2 Å². The van der Waals surface area contributed by atoms with E-state index in [1.165, 1.54) is 0 Å². The van der Waals surface area contributed by atoms with Crippen molar-refractivity contribution in [3.05, 3.63) is 54.0 Å². The summed E-state index contributed by atoms with van der Waals surface area (Å²) in [5, 5.41) is 13.1. The molecule has 0 bridgehead atoms. The van der Waals surface area contributed by atoms with E-state index in [-0.39, 0.29) is 12.6 Å². The molecule has 0 spiro atoms. The second kappa shape index (κ2) is 7.12. The minimum atomic E-state index is -0.562. The van der Waals surface area contributed by atoms with Crippen molar-refractivity contribution in [2.75, 3.05) is 13.2 Å². The zero-order chi connectivity index (χ0) is 14.4. The molecule has 2 aromatic rings. The van der Waals surface area contributed by atoms with Crippen molar-refractivity contribution in [1.82, 2.24) is 5.32 Å². The van der Waals surface area contributed by atoms with Gasteiger partial charge in [0.25, 0.3) is 0 Å². The molecule has 2 unspecified atom stereocenters. The number of aliphatic hydroxyl groups excluding tert-OH is 1. The highest BCUT2D eigenvalue weighted by atomic mass is 16.5. The molecule has 20 heavy (non-hydrogen) atoms. The maximum absolute atomic E-state index is 9.91. The molecule has 2 N–H and O–H groups in total. The Morgan fingerprint density at radius 3 is 2.85 bits per heavy atom. The van der Waals surface area contributed by atoms with Crippen molar-refractivity contribution in [2.24, 2.45) is 0 Å². The highest BCUT2D eigenvalue weighted by molar-refractivity contribution is 5.27. The molecule has 4 heteroatoms.